The maximum atomic E-state index is 12.6. The number of carbonyl (C=O) groups is 1. The van der Waals surface area contributed by atoms with E-state index in [1.54, 1.807) is 18.0 Å². The Morgan fingerprint density at radius 3 is 2.71 bits per heavy atom. The minimum absolute atomic E-state index is 0.209. The molecule has 1 aliphatic heterocycles. The summed E-state index contributed by atoms with van der Waals surface area (Å²) in [5.41, 5.74) is 2.89. The zero-order valence-corrected chi connectivity index (χ0v) is 22.7. The molecule has 1 aliphatic rings. The van der Waals surface area contributed by atoms with Crippen LogP contribution in [0.15, 0.2) is 41.1 Å². The van der Waals surface area contributed by atoms with Gasteiger partial charge in [-0.25, -0.2) is 14.8 Å². The lowest BCUT2D eigenvalue weighted by atomic mass is 9.98. The number of H-pyrrole nitrogens is 1. The molecule has 4 aromatic rings. The number of rotatable bonds is 5. The number of ether oxygens (including phenoxy) is 1. The van der Waals surface area contributed by atoms with Gasteiger partial charge >= 0.3 is 6.09 Å². The second-order valence-corrected chi connectivity index (χ2v) is 11.3. The number of aryl methyl sites for hydroxylation is 1. The van der Waals surface area contributed by atoms with E-state index in [2.05, 4.69) is 49.2 Å². The maximum Gasteiger partial charge on any atom is 0.410 e. The first-order chi connectivity index (χ1) is 17.9. The molecule has 200 valence electrons. The van der Waals surface area contributed by atoms with Crippen molar-refractivity contribution in [1.82, 2.24) is 34.9 Å². The zero-order chi connectivity index (χ0) is 27.1. The van der Waals surface area contributed by atoms with Crippen LogP contribution in [0, 0.1) is 6.92 Å². The maximum absolute atomic E-state index is 12.6. The summed E-state index contributed by atoms with van der Waals surface area (Å²) in [6, 6.07) is 9.79. The standard InChI is InChI=1S/C27H34N8O3/c1-17-29-23(38-33-17)19-7-8-20-21(14-19)31-24(30-20)32-22-13-18(9-10-28-22)15-35-12-11-34(16-27(35,5)6)25(36)37-26(2,3)4/h7-10,13-14H,11-12,15-16H2,1-6H3,(H2,28,30,31,32). The van der Waals surface area contributed by atoms with Crippen molar-refractivity contribution in [1.29, 1.82) is 0 Å². The van der Waals surface area contributed by atoms with Crippen LogP contribution >= 0.6 is 0 Å². The number of imidazole rings is 1. The average Bonchev–Trinajstić information content (AvgIpc) is 3.44. The number of carbonyl (C=O) groups excluding carboxylic acids is 1. The van der Waals surface area contributed by atoms with Crippen molar-refractivity contribution in [3.8, 4) is 11.5 Å². The highest BCUT2D eigenvalue weighted by atomic mass is 16.6. The first kappa shape index (κ1) is 25.7. The molecular formula is C27H34N8O3. The van der Waals surface area contributed by atoms with Crippen LogP contribution < -0.4 is 5.32 Å². The van der Waals surface area contributed by atoms with E-state index in [1.165, 1.54) is 0 Å². The first-order valence-corrected chi connectivity index (χ1v) is 12.7. The molecule has 0 aliphatic carbocycles. The Kier molecular flexibility index (Phi) is 6.56. The number of nitrogens with one attached hydrogen (secondary N) is 2. The van der Waals surface area contributed by atoms with Crippen molar-refractivity contribution >= 4 is 28.9 Å². The van der Waals surface area contributed by atoms with E-state index in [0.717, 1.165) is 35.2 Å². The Morgan fingerprint density at radius 1 is 1.18 bits per heavy atom. The molecule has 1 saturated heterocycles. The number of piperazine rings is 1. The molecule has 0 unspecified atom stereocenters. The minimum Gasteiger partial charge on any atom is -0.444 e. The highest BCUT2D eigenvalue weighted by Gasteiger charge is 2.37. The van der Waals surface area contributed by atoms with Gasteiger partial charge in [-0.05, 0) is 77.4 Å². The number of pyridine rings is 1. The topological polar surface area (TPSA) is 125 Å². The Bertz CT molecular complexity index is 1450. The quantitative estimate of drug-likeness (QED) is 0.380. The number of aromatic amines is 1. The van der Waals surface area contributed by atoms with Crippen molar-refractivity contribution in [2.75, 3.05) is 25.0 Å². The van der Waals surface area contributed by atoms with E-state index >= 15 is 0 Å². The van der Waals surface area contributed by atoms with E-state index in [0.29, 0.717) is 36.6 Å². The van der Waals surface area contributed by atoms with Gasteiger partial charge in [-0.1, -0.05) is 5.16 Å². The van der Waals surface area contributed by atoms with E-state index in [9.17, 15) is 4.79 Å². The molecule has 0 bridgehead atoms. The fourth-order valence-corrected chi connectivity index (χ4v) is 4.56. The Labute approximate surface area is 221 Å². The molecule has 2 N–H and O–H groups in total. The lowest BCUT2D eigenvalue weighted by Gasteiger charge is -2.47. The molecular weight excluding hydrogens is 484 g/mol. The fourth-order valence-electron chi connectivity index (χ4n) is 4.56. The Balaban J connectivity index is 1.25. The lowest BCUT2D eigenvalue weighted by Crippen LogP contribution is -2.60. The Morgan fingerprint density at radius 2 is 2.00 bits per heavy atom. The minimum atomic E-state index is -0.506. The molecule has 11 heteroatoms. The average molecular weight is 519 g/mol. The number of hydrogen-bond acceptors (Lipinski definition) is 9. The van der Waals surface area contributed by atoms with Gasteiger partial charge in [0.25, 0.3) is 5.89 Å². The number of fused-ring (bicyclic) bond motifs is 1. The first-order valence-electron chi connectivity index (χ1n) is 12.7. The van der Waals surface area contributed by atoms with E-state index < -0.39 is 5.60 Å². The van der Waals surface area contributed by atoms with E-state index in [1.807, 2.05) is 51.1 Å². The molecule has 0 radical (unpaired) electrons. The third-order valence-electron chi connectivity index (χ3n) is 6.43. The van der Waals surface area contributed by atoms with Crippen molar-refractivity contribution < 1.29 is 14.1 Å². The van der Waals surface area contributed by atoms with Gasteiger partial charge in [0.1, 0.15) is 11.4 Å². The van der Waals surface area contributed by atoms with Crippen LogP contribution in [0.2, 0.25) is 0 Å². The fraction of sp³-hybridized carbons (Fsp3) is 0.444. The second-order valence-electron chi connectivity index (χ2n) is 11.3. The molecule has 38 heavy (non-hydrogen) atoms. The zero-order valence-electron chi connectivity index (χ0n) is 22.7. The van der Waals surface area contributed by atoms with Crippen molar-refractivity contribution in [2.24, 2.45) is 0 Å². The van der Waals surface area contributed by atoms with Crippen molar-refractivity contribution in [2.45, 2.75) is 59.2 Å². The lowest BCUT2D eigenvalue weighted by molar-refractivity contribution is -0.0177. The monoisotopic (exact) mass is 518 g/mol. The summed E-state index contributed by atoms with van der Waals surface area (Å²) in [5, 5.41) is 7.14. The molecule has 1 amide bonds. The molecule has 5 rings (SSSR count). The van der Waals surface area contributed by atoms with Crippen LogP contribution in [0.1, 0.15) is 46.0 Å². The number of anilines is 2. The van der Waals surface area contributed by atoms with Gasteiger partial charge < -0.3 is 24.5 Å². The SMILES string of the molecule is Cc1noc(-c2ccc3nc(Nc4cc(CN5CCN(C(=O)OC(C)(C)C)CC5(C)C)ccn4)[nH]c3c2)n1. The van der Waals surface area contributed by atoms with Crippen molar-refractivity contribution in [3.63, 3.8) is 0 Å². The van der Waals surface area contributed by atoms with Gasteiger partial charge in [0, 0.05) is 43.5 Å². The molecule has 0 spiro atoms. The van der Waals surface area contributed by atoms with Crippen LogP contribution in [0.25, 0.3) is 22.5 Å². The number of amides is 1. The van der Waals surface area contributed by atoms with Gasteiger partial charge in [0.05, 0.1) is 11.0 Å². The Hall–Kier alpha value is -3.99. The molecule has 1 aromatic carbocycles. The van der Waals surface area contributed by atoms with Crippen LogP contribution in [0.4, 0.5) is 16.6 Å². The highest BCUT2D eigenvalue weighted by molar-refractivity contribution is 5.82. The van der Waals surface area contributed by atoms with Crippen LogP contribution in [0.3, 0.4) is 0 Å². The normalized spacial score (nSPS) is 16.1. The predicted octanol–water partition coefficient (Wildman–Crippen LogP) is 4.89. The summed E-state index contributed by atoms with van der Waals surface area (Å²) in [6.07, 6.45) is 1.53. The van der Waals surface area contributed by atoms with E-state index in [4.69, 9.17) is 9.26 Å². The summed E-state index contributed by atoms with van der Waals surface area (Å²) < 4.78 is 10.9. The number of aromatic nitrogens is 5. The largest absolute Gasteiger partial charge is 0.444 e. The summed E-state index contributed by atoms with van der Waals surface area (Å²) >= 11 is 0. The summed E-state index contributed by atoms with van der Waals surface area (Å²) in [5.74, 6) is 2.35. The summed E-state index contributed by atoms with van der Waals surface area (Å²) in [4.78, 5) is 33.5. The predicted molar refractivity (Wildman–Crippen MR) is 144 cm³/mol. The summed E-state index contributed by atoms with van der Waals surface area (Å²) in [6.45, 7) is 14.5. The molecule has 3 aromatic heterocycles. The smallest absolute Gasteiger partial charge is 0.410 e. The number of hydrogen-bond donors (Lipinski definition) is 2. The van der Waals surface area contributed by atoms with Crippen LogP contribution in [-0.2, 0) is 11.3 Å². The van der Waals surface area contributed by atoms with Crippen molar-refractivity contribution in [3.05, 3.63) is 47.9 Å². The molecule has 11 nitrogen and oxygen atoms in total. The molecule has 0 atom stereocenters. The molecule has 1 fully saturated rings. The third-order valence-corrected chi connectivity index (χ3v) is 6.43. The number of benzene rings is 1. The van der Waals surface area contributed by atoms with Gasteiger partial charge in [0.2, 0.25) is 5.95 Å². The summed E-state index contributed by atoms with van der Waals surface area (Å²) in [7, 11) is 0. The van der Waals surface area contributed by atoms with Crippen LogP contribution in [0.5, 0.6) is 0 Å². The number of nitrogens with zero attached hydrogens (tertiary/aromatic N) is 6. The van der Waals surface area contributed by atoms with E-state index in [-0.39, 0.29) is 11.6 Å². The second kappa shape index (κ2) is 9.71. The molecule has 4 heterocycles. The van der Waals surface area contributed by atoms with Gasteiger partial charge in [-0.15, -0.1) is 0 Å². The van der Waals surface area contributed by atoms with Gasteiger partial charge in [0.15, 0.2) is 5.82 Å². The van der Waals surface area contributed by atoms with Crippen LogP contribution in [-0.4, -0.2) is 71.8 Å². The third kappa shape index (κ3) is 5.77. The highest BCUT2D eigenvalue weighted by Crippen LogP contribution is 2.27. The van der Waals surface area contributed by atoms with Gasteiger partial charge in [-0.3, -0.25) is 4.90 Å². The molecule has 0 saturated carbocycles. The van der Waals surface area contributed by atoms with Gasteiger partial charge in [-0.2, -0.15) is 4.98 Å².